The van der Waals surface area contributed by atoms with Crippen LogP contribution in [0.15, 0.2) is 30.6 Å². The summed E-state index contributed by atoms with van der Waals surface area (Å²) in [6.07, 6.45) is 2.50. The number of benzene rings is 1. The number of aryl methyl sites for hydroxylation is 2. The highest BCUT2D eigenvalue weighted by atomic mass is 35.5. The number of halogens is 1. The fourth-order valence-corrected chi connectivity index (χ4v) is 3.02. The van der Waals surface area contributed by atoms with E-state index < -0.39 is 0 Å². The number of fused-ring (bicyclic) bond motifs is 1. The maximum absolute atomic E-state index is 12.4. The van der Waals surface area contributed by atoms with Crippen LogP contribution in [0.4, 0.5) is 0 Å². The molecule has 27 heavy (non-hydrogen) atoms. The number of carbonyl (C=O) groups excluding carboxylic acids is 1. The molecule has 1 amide bonds. The molecule has 1 aromatic carbocycles. The van der Waals surface area contributed by atoms with E-state index in [2.05, 4.69) is 15.1 Å². The van der Waals surface area contributed by atoms with Gasteiger partial charge in [-0.2, -0.15) is 10.1 Å². The summed E-state index contributed by atoms with van der Waals surface area (Å²) < 4.78 is 7.35. The van der Waals surface area contributed by atoms with E-state index in [1.165, 1.54) is 6.33 Å². The number of amides is 1. The minimum Gasteiger partial charge on any atom is -0.492 e. The number of aromatic nitrogens is 4. The third-order valence-electron chi connectivity index (χ3n) is 4.51. The van der Waals surface area contributed by atoms with Crippen molar-refractivity contribution in [3.8, 4) is 5.75 Å². The number of likely N-dealkylation sites (N-methyl/N-ethyl adjacent to an activating group) is 1. The summed E-state index contributed by atoms with van der Waals surface area (Å²) in [6.45, 7) is 4.85. The monoisotopic (exact) mass is 387 g/mol. The van der Waals surface area contributed by atoms with Gasteiger partial charge in [0.05, 0.1) is 6.54 Å². The van der Waals surface area contributed by atoms with E-state index in [-0.39, 0.29) is 5.91 Å². The van der Waals surface area contributed by atoms with Crippen molar-refractivity contribution in [2.24, 2.45) is 0 Å². The Morgan fingerprint density at radius 1 is 1.26 bits per heavy atom. The van der Waals surface area contributed by atoms with Gasteiger partial charge >= 0.3 is 0 Å². The van der Waals surface area contributed by atoms with E-state index in [4.69, 9.17) is 16.3 Å². The van der Waals surface area contributed by atoms with Gasteiger partial charge < -0.3 is 9.64 Å². The van der Waals surface area contributed by atoms with Crippen LogP contribution in [0.25, 0.3) is 5.78 Å². The van der Waals surface area contributed by atoms with Crippen molar-refractivity contribution in [1.29, 1.82) is 0 Å². The van der Waals surface area contributed by atoms with Crippen LogP contribution in [0.1, 0.15) is 23.4 Å². The van der Waals surface area contributed by atoms with Crippen LogP contribution in [0.3, 0.4) is 0 Å². The van der Waals surface area contributed by atoms with Gasteiger partial charge in [-0.1, -0.05) is 11.6 Å². The predicted octanol–water partition coefficient (Wildman–Crippen LogP) is 2.86. The fraction of sp³-hybridized carbons (Fsp3) is 0.368. The zero-order valence-corrected chi connectivity index (χ0v) is 16.4. The molecule has 0 unspecified atom stereocenters. The van der Waals surface area contributed by atoms with Crippen LogP contribution in [-0.4, -0.2) is 50.6 Å². The van der Waals surface area contributed by atoms with Crippen LogP contribution in [0.5, 0.6) is 5.75 Å². The average Bonchev–Trinajstić information content (AvgIpc) is 3.11. The smallest absolute Gasteiger partial charge is 0.252 e. The first-order chi connectivity index (χ1) is 13.0. The summed E-state index contributed by atoms with van der Waals surface area (Å²) in [5, 5.41) is 4.85. The van der Waals surface area contributed by atoms with Gasteiger partial charge in [-0.15, -0.1) is 0 Å². The Kier molecular flexibility index (Phi) is 5.91. The minimum atomic E-state index is 0.0622. The van der Waals surface area contributed by atoms with E-state index in [0.29, 0.717) is 36.8 Å². The topological polar surface area (TPSA) is 72.6 Å². The molecule has 0 aliphatic rings. The van der Waals surface area contributed by atoms with E-state index in [1.54, 1.807) is 28.6 Å². The third-order valence-corrected chi connectivity index (χ3v) is 4.76. The fourth-order valence-electron chi connectivity index (χ4n) is 2.90. The Morgan fingerprint density at radius 3 is 2.74 bits per heavy atom. The van der Waals surface area contributed by atoms with Gasteiger partial charge in [-0.25, -0.2) is 9.50 Å². The molecule has 0 aliphatic heterocycles. The Morgan fingerprint density at radius 2 is 2.00 bits per heavy atom. The standard InChI is InChI=1S/C19H22ClN5O2/c1-13-17(14(2)25-19(23-13)21-12-22-25)8-9-18(26)24(3)10-11-27-16-6-4-15(20)5-7-16/h4-7,12H,8-11H2,1-3H3. The molecule has 7 nitrogen and oxygen atoms in total. The molecule has 3 rings (SSSR count). The van der Waals surface area contributed by atoms with E-state index >= 15 is 0 Å². The molecule has 0 saturated carbocycles. The number of hydrogen-bond donors (Lipinski definition) is 0. The summed E-state index contributed by atoms with van der Waals surface area (Å²) in [7, 11) is 1.78. The minimum absolute atomic E-state index is 0.0622. The molecule has 3 aromatic rings. The van der Waals surface area contributed by atoms with Crippen molar-refractivity contribution >= 4 is 23.3 Å². The molecule has 8 heteroatoms. The normalized spacial score (nSPS) is 11.0. The summed E-state index contributed by atoms with van der Waals surface area (Å²) in [5.41, 5.74) is 2.89. The molecule has 0 spiro atoms. The predicted molar refractivity (Wildman–Crippen MR) is 103 cm³/mol. The zero-order chi connectivity index (χ0) is 19.4. The highest BCUT2D eigenvalue weighted by Crippen LogP contribution is 2.16. The van der Waals surface area contributed by atoms with Crippen LogP contribution >= 0.6 is 11.6 Å². The highest BCUT2D eigenvalue weighted by Gasteiger charge is 2.14. The summed E-state index contributed by atoms with van der Waals surface area (Å²) in [5.74, 6) is 1.38. The Hall–Kier alpha value is -2.67. The molecule has 0 bridgehead atoms. The van der Waals surface area contributed by atoms with E-state index in [9.17, 15) is 4.79 Å². The summed E-state index contributed by atoms with van der Waals surface area (Å²) in [4.78, 5) is 22.7. The summed E-state index contributed by atoms with van der Waals surface area (Å²) >= 11 is 5.85. The van der Waals surface area contributed by atoms with Gasteiger partial charge in [0.1, 0.15) is 18.7 Å². The zero-order valence-electron chi connectivity index (χ0n) is 15.6. The summed E-state index contributed by atoms with van der Waals surface area (Å²) in [6, 6.07) is 7.17. The first-order valence-corrected chi connectivity index (χ1v) is 9.11. The van der Waals surface area contributed by atoms with Crippen molar-refractivity contribution < 1.29 is 9.53 Å². The molecule has 0 atom stereocenters. The molecule has 142 valence electrons. The van der Waals surface area contributed by atoms with Crippen molar-refractivity contribution in [2.75, 3.05) is 20.2 Å². The maximum Gasteiger partial charge on any atom is 0.252 e. The first-order valence-electron chi connectivity index (χ1n) is 8.74. The highest BCUT2D eigenvalue weighted by molar-refractivity contribution is 6.30. The number of nitrogens with zero attached hydrogens (tertiary/aromatic N) is 5. The Bertz CT molecular complexity index is 939. The lowest BCUT2D eigenvalue weighted by Gasteiger charge is -2.18. The first kappa shape index (κ1) is 19.1. The van der Waals surface area contributed by atoms with E-state index in [0.717, 1.165) is 22.7 Å². The van der Waals surface area contributed by atoms with Crippen LogP contribution < -0.4 is 4.74 Å². The van der Waals surface area contributed by atoms with Crippen LogP contribution in [-0.2, 0) is 11.2 Å². The molecular formula is C19H22ClN5O2. The molecule has 0 radical (unpaired) electrons. The lowest BCUT2D eigenvalue weighted by Crippen LogP contribution is -2.31. The molecule has 0 saturated heterocycles. The van der Waals surface area contributed by atoms with Gasteiger partial charge in [0.15, 0.2) is 0 Å². The van der Waals surface area contributed by atoms with Gasteiger partial charge in [0.2, 0.25) is 5.91 Å². The number of carbonyl (C=O) groups is 1. The van der Waals surface area contributed by atoms with E-state index in [1.807, 2.05) is 26.0 Å². The van der Waals surface area contributed by atoms with Gasteiger partial charge in [0, 0.05) is 29.9 Å². The second kappa shape index (κ2) is 8.35. The largest absolute Gasteiger partial charge is 0.492 e. The second-order valence-corrected chi connectivity index (χ2v) is 6.79. The lowest BCUT2D eigenvalue weighted by molar-refractivity contribution is -0.130. The number of ether oxygens (including phenoxy) is 1. The van der Waals surface area contributed by atoms with Gasteiger partial charge in [-0.05, 0) is 50.1 Å². The molecule has 0 N–H and O–H groups in total. The maximum atomic E-state index is 12.4. The SMILES string of the molecule is Cc1nc2ncnn2c(C)c1CCC(=O)N(C)CCOc1ccc(Cl)cc1. The van der Waals surface area contributed by atoms with Gasteiger partial charge in [-0.3, -0.25) is 4.79 Å². The van der Waals surface area contributed by atoms with Crippen molar-refractivity contribution in [3.05, 3.63) is 52.6 Å². The molecular weight excluding hydrogens is 366 g/mol. The van der Waals surface area contributed by atoms with Gasteiger partial charge in [0.25, 0.3) is 5.78 Å². The number of rotatable bonds is 7. The molecule has 0 fully saturated rings. The van der Waals surface area contributed by atoms with Crippen LogP contribution in [0, 0.1) is 13.8 Å². The molecule has 2 heterocycles. The molecule has 0 aliphatic carbocycles. The van der Waals surface area contributed by atoms with Crippen LogP contribution in [0.2, 0.25) is 5.02 Å². The van der Waals surface area contributed by atoms with Crippen molar-refractivity contribution in [1.82, 2.24) is 24.5 Å². The van der Waals surface area contributed by atoms with Crippen molar-refractivity contribution in [2.45, 2.75) is 26.7 Å². The second-order valence-electron chi connectivity index (χ2n) is 6.35. The lowest BCUT2D eigenvalue weighted by atomic mass is 10.1. The Labute approximate surface area is 162 Å². The average molecular weight is 388 g/mol. The molecule has 2 aromatic heterocycles. The van der Waals surface area contributed by atoms with Crippen molar-refractivity contribution in [3.63, 3.8) is 0 Å². The third kappa shape index (κ3) is 4.54. The number of hydrogen-bond acceptors (Lipinski definition) is 5. The Balaban J connectivity index is 1.52. The quantitative estimate of drug-likeness (QED) is 0.623.